The van der Waals surface area contributed by atoms with Gasteiger partial charge in [-0.1, -0.05) is 72.4 Å². The van der Waals surface area contributed by atoms with Gasteiger partial charge in [0.25, 0.3) is 0 Å². The number of thioether (sulfide) groups is 1. The number of benzene rings is 2. The van der Waals surface area contributed by atoms with E-state index in [1.807, 2.05) is 36.5 Å². The molecular weight excluding hydrogens is 264 g/mol. The fraction of sp³-hybridized carbons (Fsp3) is 0.0588. The van der Waals surface area contributed by atoms with Gasteiger partial charge in [0.05, 0.1) is 5.69 Å². The molecule has 0 spiro atoms. The third-order valence-corrected chi connectivity index (χ3v) is 3.85. The first-order chi connectivity index (χ1) is 9.92. The van der Waals surface area contributed by atoms with Crippen LogP contribution in [0.15, 0.2) is 78.1 Å². The highest BCUT2D eigenvalue weighted by Crippen LogP contribution is 2.22. The lowest BCUT2D eigenvalue weighted by Crippen LogP contribution is -1.90. The second-order valence-corrected chi connectivity index (χ2v) is 5.31. The van der Waals surface area contributed by atoms with Gasteiger partial charge >= 0.3 is 0 Å². The minimum atomic E-state index is 0.815. The summed E-state index contributed by atoms with van der Waals surface area (Å²) >= 11 is 1.66. The van der Waals surface area contributed by atoms with Gasteiger partial charge in [0, 0.05) is 17.5 Å². The zero-order valence-electron chi connectivity index (χ0n) is 10.9. The van der Waals surface area contributed by atoms with Crippen LogP contribution in [0.5, 0.6) is 0 Å². The predicted octanol–water partition coefficient (Wildman–Crippen LogP) is 4.44. The Balaban J connectivity index is 1.75. The quantitative estimate of drug-likeness (QED) is 0.521. The van der Waals surface area contributed by atoms with E-state index < -0.39 is 0 Å². The Kier molecular flexibility index (Phi) is 4.09. The predicted molar refractivity (Wildman–Crippen MR) is 83.5 cm³/mol. The molecular formula is C17H14N2S. The maximum atomic E-state index is 4.61. The lowest BCUT2D eigenvalue weighted by atomic mass is 10.1. The SMILES string of the molecule is c1ccc(CSc2nccc(-c3ccccc3)n2)cc1. The molecule has 3 heteroatoms. The van der Waals surface area contributed by atoms with E-state index in [4.69, 9.17) is 0 Å². The van der Waals surface area contributed by atoms with Gasteiger partial charge in [-0.2, -0.15) is 0 Å². The first-order valence-corrected chi connectivity index (χ1v) is 7.45. The number of aromatic nitrogens is 2. The number of nitrogens with zero attached hydrogens (tertiary/aromatic N) is 2. The lowest BCUT2D eigenvalue weighted by Gasteiger charge is -2.04. The Morgan fingerprint density at radius 2 is 1.50 bits per heavy atom. The molecule has 3 rings (SSSR count). The highest BCUT2D eigenvalue weighted by Gasteiger charge is 2.03. The second kappa shape index (κ2) is 6.35. The van der Waals surface area contributed by atoms with Crippen molar-refractivity contribution in [2.45, 2.75) is 10.9 Å². The molecule has 0 aliphatic carbocycles. The largest absolute Gasteiger partial charge is 0.231 e. The topological polar surface area (TPSA) is 25.8 Å². The number of hydrogen-bond acceptors (Lipinski definition) is 3. The van der Waals surface area contributed by atoms with Gasteiger partial charge in [0.1, 0.15) is 0 Å². The van der Waals surface area contributed by atoms with E-state index in [0.29, 0.717) is 0 Å². The van der Waals surface area contributed by atoms with Crippen LogP contribution in [0.4, 0.5) is 0 Å². The van der Waals surface area contributed by atoms with Crippen molar-refractivity contribution in [3.8, 4) is 11.3 Å². The van der Waals surface area contributed by atoms with Gasteiger partial charge in [-0.15, -0.1) is 0 Å². The monoisotopic (exact) mass is 278 g/mol. The van der Waals surface area contributed by atoms with Crippen LogP contribution in [0.3, 0.4) is 0 Å². The standard InChI is InChI=1S/C17H14N2S/c1-3-7-14(8-4-1)13-20-17-18-12-11-16(19-17)15-9-5-2-6-10-15/h1-12H,13H2. The third-order valence-electron chi connectivity index (χ3n) is 2.91. The molecule has 20 heavy (non-hydrogen) atoms. The Morgan fingerprint density at radius 3 is 2.25 bits per heavy atom. The molecule has 3 aromatic rings. The summed E-state index contributed by atoms with van der Waals surface area (Å²) in [5, 5.41) is 0.815. The fourth-order valence-corrected chi connectivity index (χ4v) is 2.69. The van der Waals surface area contributed by atoms with Crippen LogP contribution in [0.2, 0.25) is 0 Å². The number of rotatable bonds is 4. The third kappa shape index (κ3) is 3.25. The van der Waals surface area contributed by atoms with Crippen LogP contribution >= 0.6 is 11.8 Å². The summed E-state index contributed by atoms with van der Waals surface area (Å²) in [5.41, 5.74) is 3.37. The Morgan fingerprint density at radius 1 is 0.800 bits per heavy atom. The molecule has 0 aliphatic heterocycles. The van der Waals surface area contributed by atoms with Crippen LogP contribution in [-0.2, 0) is 5.75 Å². The van der Waals surface area contributed by atoms with E-state index in [0.717, 1.165) is 22.2 Å². The molecule has 0 N–H and O–H groups in total. The van der Waals surface area contributed by atoms with E-state index in [9.17, 15) is 0 Å². The first kappa shape index (κ1) is 12.9. The molecule has 0 amide bonds. The highest BCUT2D eigenvalue weighted by atomic mass is 32.2. The average molecular weight is 278 g/mol. The Hall–Kier alpha value is -2.13. The van der Waals surface area contributed by atoms with Gasteiger partial charge in [-0.25, -0.2) is 9.97 Å². The Labute approximate surface area is 122 Å². The first-order valence-electron chi connectivity index (χ1n) is 6.47. The molecule has 0 aliphatic rings. The molecule has 1 aromatic heterocycles. The molecule has 98 valence electrons. The molecule has 0 unspecified atom stereocenters. The zero-order chi connectivity index (χ0) is 13.6. The molecule has 0 saturated carbocycles. The van der Waals surface area contributed by atoms with Crippen molar-refractivity contribution in [2.24, 2.45) is 0 Å². The molecule has 0 saturated heterocycles. The molecule has 2 nitrogen and oxygen atoms in total. The summed E-state index contributed by atoms with van der Waals surface area (Å²) in [6.45, 7) is 0. The summed E-state index contributed by atoms with van der Waals surface area (Å²) in [5.74, 6) is 0.888. The van der Waals surface area contributed by atoms with Crippen LogP contribution < -0.4 is 0 Å². The van der Waals surface area contributed by atoms with E-state index in [1.165, 1.54) is 5.56 Å². The normalized spacial score (nSPS) is 10.4. The summed E-state index contributed by atoms with van der Waals surface area (Å²) in [6, 6.07) is 22.5. The molecule has 0 bridgehead atoms. The fourth-order valence-electron chi connectivity index (χ4n) is 1.90. The van der Waals surface area contributed by atoms with Crippen molar-refractivity contribution in [1.82, 2.24) is 9.97 Å². The number of hydrogen-bond donors (Lipinski definition) is 0. The Bertz CT molecular complexity index is 669. The van der Waals surface area contributed by atoms with Crippen molar-refractivity contribution in [3.05, 3.63) is 78.5 Å². The molecule has 0 atom stereocenters. The van der Waals surface area contributed by atoms with Crippen molar-refractivity contribution < 1.29 is 0 Å². The van der Waals surface area contributed by atoms with Crippen molar-refractivity contribution in [2.75, 3.05) is 0 Å². The van der Waals surface area contributed by atoms with Crippen LogP contribution in [0.25, 0.3) is 11.3 Å². The second-order valence-electron chi connectivity index (χ2n) is 4.36. The maximum absolute atomic E-state index is 4.61. The van der Waals surface area contributed by atoms with Crippen molar-refractivity contribution >= 4 is 11.8 Å². The zero-order valence-corrected chi connectivity index (χ0v) is 11.8. The minimum absolute atomic E-state index is 0.815. The van der Waals surface area contributed by atoms with E-state index in [-0.39, 0.29) is 0 Å². The van der Waals surface area contributed by atoms with Gasteiger partial charge in [0.15, 0.2) is 5.16 Å². The van der Waals surface area contributed by atoms with Gasteiger partial charge in [-0.3, -0.25) is 0 Å². The summed E-state index contributed by atoms with van der Waals surface area (Å²) in [4.78, 5) is 8.94. The highest BCUT2D eigenvalue weighted by molar-refractivity contribution is 7.98. The molecule has 0 fully saturated rings. The summed E-state index contributed by atoms with van der Waals surface area (Å²) < 4.78 is 0. The molecule has 0 radical (unpaired) electrons. The van der Waals surface area contributed by atoms with E-state index in [1.54, 1.807) is 11.8 Å². The van der Waals surface area contributed by atoms with Crippen molar-refractivity contribution in [1.29, 1.82) is 0 Å². The minimum Gasteiger partial charge on any atom is -0.231 e. The lowest BCUT2D eigenvalue weighted by molar-refractivity contribution is 0.972. The summed E-state index contributed by atoms with van der Waals surface area (Å²) in [7, 11) is 0. The molecule has 1 heterocycles. The maximum Gasteiger partial charge on any atom is 0.188 e. The average Bonchev–Trinajstić information content (AvgIpc) is 2.55. The van der Waals surface area contributed by atoms with Crippen LogP contribution in [0, 0.1) is 0 Å². The summed E-state index contributed by atoms with van der Waals surface area (Å²) in [6.07, 6.45) is 1.82. The molecule has 2 aromatic carbocycles. The van der Waals surface area contributed by atoms with E-state index in [2.05, 4.69) is 46.4 Å². The van der Waals surface area contributed by atoms with Crippen molar-refractivity contribution in [3.63, 3.8) is 0 Å². The van der Waals surface area contributed by atoms with Gasteiger partial charge in [0.2, 0.25) is 0 Å². The van der Waals surface area contributed by atoms with Gasteiger partial charge < -0.3 is 0 Å². The van der Waals surface area contributed by atoms with Crippen LogP contribution in [0.1, 0.15) is 5.56 Å². The van der Waals surface area contributed by atoms with E-state index >= 15 is 0 Å². The van der Waals surface area contributed by atoms with Crippen LogP contribution in [-0.4, -0.2) is 9.97 Å². The smallest absolute Gasteiger partial charge is 0.188 e. The van der Waals surface area contributed by atoms with Gasteiger partial charge in [-0.05, 0) is 11.6 Å².